The maximum Gasteiger partial charge on any atom is 0.416 e. The van der Waals surface area contributed by atoms with Crippen LogP contribution in [0, 0.1) is 0 Å². The second-order valence-electron chi connectivity index (χ2n) is 8.80. The number of nitrogens with zero attached hydrogens (tertiary/aromatic N) is 6. The molecule has 0 saturated carbocycles. The average molecular weight is 620 g/mol. The van der Waals surface area contributed by atoms with E-state index in [0.717, 1.165) is 10.9 Å². The number of nitrogens with one attached hydrogen (secondary N) is 1. The summed E-state index contributed by atoms with van der Waals surface area (Å²) in [6.07, 6.45) is -6.84. The first-order valence-corrected chi connectivity index (χ1v) is 14.1. The summed E-state index contributed by atoms with van der Waals surface area (Å²) in [4.78, 5) is 17.6. The second-order valence-corrected chi connectivity index (χ2v) is 11.4. The van der Waals surface area contributed by atoms with Crippen LogP contribution in [0.25, 0.3) is 17.1 Å². The molecule has 214 valence electrons. The second kappa shape index (κ2) is 11.3. The fourth-order valence-corrected chi connectivity index (χ4v) is 4.91. The van der Waals surface area contributed by atoms with Crippen LogP contribution in [0.1, 0.15) is 24.6 Å². The lowest BCUT2D eigenvalue weighted by Gasteiger charge is -2.15. The summed E-state index contributed by atoms with van der Waals surface area (Å²) in [5.41, 5.74) is -0.324. The van der Waals surface area contributed by atoms with Crippen molar-refractivity contribution in [2.75, 3.05) is 6.26 Å². The molecule has 1 unspecified atom stereocenters. The molecule has 0 amide bonds. The van der Waals surface area contributed by atoms with Gasteiger partial charge in [0.2, 0.25) is 10.0 Å². The van der Waals surface area contributed by atoms with Crippen LogP contribution >= 0.6 is 23.2 Å². The zero-order valence-corrected chi connectivity index (χ0v) is 23.2. The molecule has 0 fully saturated rings. The van der Waals surface area contributed by atoms with Gasteiger partial charge in [0.15, 0.2) is 23.6 Å². The summed E-state index contributed by atoms with van der Waals surface area (Å²) in [6.45, 7) is 0.0210. The van der Waals surface area contributed by atoms with E-state index in [1.807, 2.05) is 0 Å². The fourth-order valence-electron chi connectivity index (χ4n) is 3.82. The highest BCUT2D eigenvalue weighted by Gasteiger charge is 2.39. The van der Waals surface area contributed by atoms with Gasteiger partial charge < -0.3 is 5.11 Å². The number of hydrogen-bond donors (Lipinski definition) is 2. The van der Waals surface area contributed by atoms with Gasteiger partial charge in [0, 0.05) is 10.6 Å². The van der Waals surface area contributed by atoms with E-state index in [2.05, 4.69) is 19.9 Å². The van der Waals surface area contributed by atoms with Crippen molar-refractivity contribution in [3.63, 3.8) is 0 Å². The van der Waals surface area contributed by atoms with Gasteiger partial charge in [0.25, 0.3) is 0 Å². The normalized spacial score (nSPS) is 13.9. The summed E-state index contributed by atoms with van der Waals surface area (Å²) in [5.74, 6) is -0.0305. The smallest absolute Gasteiger partial charge is 0.382 e. The van der Waals surface area contributed by atoms with Gasteiger partial charge in [0.1, 0.15) is 6.54 Å². The van der Waals surface area contributed by atoms with Gasteiger partial charge in [-0.15, -0.1) is 10.2 Å². The molecule has 0 saturated heterocycles. The molecule has 2 N–H and O–H groups in total. The molecule has 0 aliphatic heterocycles. The number of aliphatic hydroxyl groups excluding tert-OH is 1. The Morgan fingerprint density at radius 3 is 2.33 bits per heavy atom. The largest absolute Gasteiger partial charge is 0.416 e. The molecule has 11 nitrogen and oxygen atoms in total. The molecule has 0 spiro atoms. The van der Waals surface area contributed by atoms with Crippen LogP contribution in [-0.4, -0.2) is 61.2 Å². The molecule has 2 aromatic heterocycles. The summed E-state index contributed by atoms with van der Waals surface area (Å²) in [6, 6.07) is 11.6. The highest BCUT2D eigenvalue weighted by molar-refractivity contribution is 7.88. The lowest BCUT2D eigenvalue weighted by Crippen LogP contribution is -2.37. The number of hydrogen-bond acceptors (Lipinski definition) is 7. The lowest BCUT2D eigenvalue weighted by molar-refractivity contribution is -0.207. The van der Waals surface area contributed by atoms with E-state index in [-0.39, 0.29) is 28.1 Å². The number of halogens is 5. The van der Waals surface area contributed by atoms with E-state index in [4.69, 9.17) is 23.2 Å². The van der Waals surface area contributed by atoms with Crippen LogP contribution in [0.3, 0.4) is 0 Å². The van der Waals surface area contributed by atoms with Gasteiger partial charge in [-0.3, -0.25) is 4.57 Å². The van der Waals surface area contributed by atoms with E-state index >= 15 is 0 Å². The standard InChI is InChI=1S/C23H22Cl2F3N7O4S/c1-13(32-40(2,38)39)20-29-19(30-35(20)17-6-4-3-5-16(17)25)12-34-22(37)33(11-18(36)23(26,27)28)21(31-34)14-7-9-15(24)10-8-14/h3-10,13,18,32,36H,11-12H2,1-2H3/t13?,18-/m0/s1. The molecule has 0 aliphatic carbocycles. The van der Waals surface area contributed by atoms with Gasteiger partial charge in [-0.2, -0.15) is 13.2 Å². The van der Waals surface area contributed by atoms with Crippen molar-refractivity contribution >= 4 is 33.2 Å². The number of aromatic nitrogens is 6. The Balaban J connectivity index is 1.80. The van der Waals surface area contributed by atoms with Gasteiger partial charge >= 0.3 is 11.9 Å². The van der Waals surface area contributed by atoms with Crippen LogP contribution < -0.4 is 10.4 Å². The van der Waals surface area contributed by atoms with E-state index in [1.54, 1.807) is 24.3 Å². The molecule has 17 heteroatoms. The molecule has 4 rings (SSSR count). The number of alkyl halides is 3. The van der Waals surface area contributed by atoms with E-state index < -0.39 is 47.1 Å². The monoisotopic (exact) mass is 619 g/mol. The maximum atomic E-state index is 13.2. The molecule has 2 aromatic carbocycles. The van der Waals surface area contributed by atoms with Crippen molar-refractivity contribution in [2.45, 2.75) is 38.3 Å². The van der Waals surface area contributed by atoms with E-state index in [9.17, 15) is 31.5 Å². The zero-order valence-electron chi connectivity index (χ0n) is 20.8. The molecule has 0 bridgehead atoms. The minimum atomic E-state index is -4.98. The Morgan fingerprint density at radius 2 is 1.73 bits per heavy atom. The molecule has 0 radical (unpaired) electrons. The summed E-state index contributed by atoms with van der Waals surface area (Å²) >= 11 is 12.2. The molecule has 40 heavy (non-hydrogen) atoms. The average Bonchev–Trinajstić information content (AvgIpc) is 3.40. The van der Waals surface area contributed by atoms with Gasteiger partial charge in [0.05, 0.1) is 29.6 Å². The Morgan fingerprint density at radius 1 is 1.07 bits per heavy atom. The summed E-state index contributed by atoms with van der Waals surface area (Å²) in [7, 11) is -3.66. The quantitative estimate of drug-likeness (QED) is 0.293. The number of rotatable bonds is 9. The van der Waals surface area contributed by atoms with Crippen molar-refractivity contribution in [3.05, 3.63) is 80.7 Å². The van der Waals surface area contributed by atoms with Crippen molar-refractivity contribution in [1.82, 2.24) is 33.8 Å². The molecular weight excluding hydrogens is 598 g/mol. The van der Waals surface area contributed by atoms with E-state index in [0.29, 0.717) is 15.3 Å². The first-order chi connectivity index (χ1) is 18.6. The number of aliphatic hydroxyl groups is 1. The predicted molar refractivity (Wildman–Crippen MR) is 141 cm³/mol. The Kier molecular flexibility index (Phi) is 8.42. The molecule has 4 aromatic rings. The third kappa shape index (κ3) is 6.72. The molecule has 2 atom stereocenters. The lowest BCUT2D eigenvalue weighted by atomic mass is 10.2. The van der Waals surface area contributed by atoms with Crippen molar-refractivity contribution in [3.8, 4) is 17.1 Å². The number of benzene rings is 2. The fraction of sp³-hybridized carbons (Fsp3) is 0.304. The van der Waals surface area contributed by atoms with Gasteiger partial charge in [-0.25, -0.2) is 32.3 Å². The topological polar surface area (TPSA) is 137 Å². The van der Waals surface area contributed by atoms with Crippen LogP contribution in [0.4, 0.5) is 13.2 Å². The minimum absolute atomic E-state index is 0.0113. The van der Waals surface area contributed by atoms with Crippen molar-refractivity contribution in [1.29, 1.82) is 0 Å². The molecule has 0 aliphatic rings. The third-order valence-corrected chi connectivity index (χ3v) is 6.94. The maximum absolute atomic E-state index is 13.2. The van der Waals surface area contributed by atoms with Crippen LogP contribution in [0.5, 0.6) is 0 Å². The molecule has 2 heterocycles. The summed E-state index contributed by atoms with van der Waals surface area (Å²) < 4.78 is 68.4. The zero-order chi connectivity index (χ0) is 29.4. The third-order valence-electron chi connectivity index (χ3n) is 5.58. The first kappa shape index (κ1) is 29.7. The Hall–Kier alpha value is -3.24. The highest BCUT2D eigenvalue weighted by atomic mass is 35.5. The highest BCUT2D eigenvalue weighted by Crippen LogP contribution is 2.25. The van der Waals surface area contributed by atoms with Crippen LogP contribution in [-0.2, 0) is 23.1 Å². The minimum Gasteiger partial charge on any atom is -0.382 e. The predicted octanol–water partition coefficient (Wildman–Crippen LogP) is 3.18. The Labute approximate surface area is 235 Å². The molecular formula is C23H22Cl2F3N7O4S. The SMILES string of the molecule is CC(NS(C)(=O)=O)c1nc(Cn2nc(-c3ccc(Cl)cc3)n(C[C@H](O)C(F)(F)F)c2=O)nn1-c1ccccc1Cl. The number of para-hydroxylation sites is 1. The summed E-state index contributed by atoms with van der Waals surface area (Å²) in [5, 5.41) is 18.9. The van der Waals surface area contributed by atoms with Crippen molar-refractivity contribution in [2.24, 2.45) is 0 Å². The first-order valence-electron chi connectivity index (χ1n) is 11.5. The van der Waals surface area contributed by atoms with Gasteiger partial charge in [-0.1, -0.05) is 35.3 Å². The van der Waals surface area contributed by atoms with E-state index in [1.165, 1.54) is 35.9 Å². The van der Waals surface area contributed by atoms with Crippen molar-refractivity contribution < 1.29 is 26.7 Å². The van der Waals surface area contributed by atoms with Gasteiger partial charge in [-0.05, 0) is 43.3 Å². The Bertz CT molecular complexity index is 1690. The number of sulfonamides is 1. The van der Waals surface area contributed by atoms with Crippen LogP contribution in [0.2, 0.25) is 10.0 Å². The van der Waals surface area contributed by atoms with Crippen LogP contribution in [0.15, 0.2) is 53.3 Å².